The highest BCUT2D eigenvalue weighted by molar-refractivity contribution is 6.30. The van der Waals surface area contributed by atoms with Crippen molar-refractivity contribution < 1.29 is 33.3 Å². The summed E-state index contributed by atoms with van der Waals surface area (Å²) < 4.78 is 22.3. The Kier molecular flexibility index (Phi) is 13.9. The van der Waals surface area contributed by atoms with E-state index in [4.69, 9.17) is 25.8 Å². The van der Waals surface area contributed by atoms with Gasteiger partial charge in [0, 0.05) is 57.4 Å². The number of halogens is 1. The molecule has 11 nitrogen and oxygen atoms in total. The molecule has 0 saturated carbocycles. The fraction of sp³-hybridized carbons (Fsp3) is 0.719. The van der Waals surface area contributed by atoms with Gasteiger partial charge in [0.2, 0.25) is 0 Å². The third kappa shape index (κ3) is 11.3. The summed E-state index contributed by atoms with van der Waals surface area (Å²) >= 11 is 6.38. The van der Waals surface area contributed by atoms with Gasteiger partial charge in [-0.25, -0.2) is 14.4 Å². The molecule has 0 spiro atoms. The van der Waals surface area contributed by atoms with E-state index in [0.717, 1.165) is 43.4 Å². The summed E-state index contributed by atoms with van der Waals surface area (Å²) in [6, 6.07) is 5.31. The lowest BCUT2D eigenvalue weighted by Gasteiger charge is -2.38. The molecule has 4 atom stereocenters. The topological polar surface area (TPSA) is 119 Å². The SMILES string of the molecule is COC(=O)NCCO[C@@H](c1cc(Cl)ccc1C)[C@@H]1CCCN(C(=O)NC[C@H](C[C@H]2CCCOC2)N(C)C(=O)OC(C)(C)C)C1. The third-order valence-electron chi connectivity index (χ3n) is 8.15. The highest BCUT2D eigenvalue weighted by atomic mass is 35.5. The smallest absolute Gasteiger partial charge is 0.410 e. The number of carbonyl (C=O) groups excluding carboxylic acids is 3. The van der Waals surface area contributed by atoms with Gasteiger partial charge < -0.3 is 39.4 Å². The van der Waals surface area contributed by atoms with Crippen LogP contribution in [-0.2, 0) is 18.9 Å². The van der Waals surface area contributed by atoms with E-state index in [9.17, 15) is 14.4 Å². The van der Waals surface area contributed by atoms with E-state index >= 15 is 0 Å². The van der Waals surface area contributed by atoms with Gasteiger partial charge in [-0.15, -0.1) is 0 Å². The number of hydrogen-bond acceptors (Lipinski definition) is 7. The molecule has 3 rings (SSSR count). The number of benzene rings is 1. The zero-order chi connectivity index (χ0) is 32.3. The number of likely N-dealkylation sites (N-methyl/N-ethyl adjacent to an activating group) is 1. The predicted octanol–water partition coefficient (Wildman–Crippen LogP) is 5.54. The number of urea groups is 1. The number of piperidine rings is 1. The van der Waals surface area contributed by atoms with Gasteiger partial charge in [-0.1, -0.05) is 17.7 Å². The van der Waals surface area contributed by atoms with Crippen LogP contribution in [0.2, 0.25) is 5.02 Å². The number of methoxy groups -OCH3 is 1. The van der Waals surface area contributed by atoms with Crippen molar-refractivity contribution in [2.75, 3.05) is 60.2 Å². The minimum absolute atomic E-state index is 0.0180. The first-order valence-corrected chi connectivity index (χ1v) is 16.0. The van der Waals surface area contributed by atoms with Crippen molar-refractivity contribution in [3.05, 3.63) is 34.3 Å². The van der Waals surface area contributed by atoms with Gasteiger partial charge >= 0.3 is 18.2 Å². The van der Waals surface area contributed by atoms with Crippen molar-refractivity contribution in [3.63, 3.8) is 0 Å². The number of amides is 4. The summed E-state index contributed by atoms with van der Waals surface area (Å²) in [5.74, 6) is 0.326. The number of nitrogens with one attached hydrogen (secondary N) is 2. The molecule has 1 aromatic carbocycles. The number of rotatable bonds is 11. The Labute approximate surface area is 267 Å². The van der Waals surface area contributed by atoms with Gasteiger partial charge in [0.25, 0.3) is 0 Å². The molecule has 0 bridgehead atoms. The predicted molar refractivity (Wildman–Crippen MR) is 169 cm³/mol. The Morgan fingerprint density at radius 3 is 2.64 bits per heavy atom. The summed E-state index contributed by atoms with van der Waals surface area (Å²) in [6.45, 7) is 10.9. The largest absolute Gasteiger partial charge is 0.453 e. The molecule has 0 aliphatic carbocycles. The number of likely N-dealkylation sites (tertiary alicyclic amines) is 1. The maximum atomic E-state index is 13.5. The molecular formula is C32H51ClN4O7. The number of hydrogen-bond donors (Lipinski definition) is 2. The van der Waals surface area contributed by atoms with Crippen molar-refractivity contribution in [3.8, 4) is 0 Å². The van der Waals surface area contributed by atoms with Crippen LogP contribution in [0.5, 0.6) is 0 Å². The summed E-state index contributed by atoms with van der Waals surface area (Å²) in [6.07, 6.45) is 3.17. The summed E-state index contributed by atoms with van der Waals surface area (Å²) in [5, 5.41) is 6.37. The number of ether oxygens (including phenoxy) is 4. The average Bonchev–Trinajstić information content (AvgIpc) is 2.99. The maximum Gasteiger partial charge on any atom is 0.410 e. The van der Waals surface area contributed by atoms with E-state index in [1.807, 2.05) is 50.8 Å². The van der Waals surface area contributed by atoms with Crippen LogP contribution in [0, 0.1) is 18.8 Å². The second-order valence-electron chi connectivity index (χ2n) is 12.8. The second kappa shape index (κ2) is 17.1. The molecule has 248 valence electrons. The van der Waals surface area contributed by atoms with Crippen molar-refractivity contribution in [2.45, 2.75) is 77.5 Å². The number of carbonyl (C=O) groups is 3. The normalized spacial score (nSPS) is 20.3. The van der Waals surface area contributed by atoms with Crippen LogP contribution in [0.15, 0.2) is 18.2 Å². The minimum atomic E-state index is -0.620. The van der Waals surface area contributed by atoms with E-state index in [2.05, 4.69) is 15.4 Å². The van der Waals surface area contributed by atoms with Gasteiger partial charge in [0.05, 0.1) is 25.9 Å². The average molecular weight is 639 g/mol. The Balaban J connectivity index is 1.68. The molecule has 0 aromatic heterocycles. The first-order chi connectivity index (χ1) is 20.9. The lowest BCUT2D eigenvalue weighted by atomic mass is 9.86. The first kappa shape index (κ1) is 35.7. The van der Waals surface area contributed by atoms with E-state index < -0.39 is 17.8 Å². The van der Waals surface area contributed by atoms with Crippen molar-refractivity contribution in [2.24, 2.45) is 11.8 Å². The monoisotopic (exact) mass is 638 g/mol. The van der Waals surface area contributed by atoms with E-state index in [0.29, 0.717) is 43.6 Å². The molecule has 0 unspecified atom stereocenters. The quantitative estimate of drug-likeness (QED) is 0.306. The minimum Gasteiger partial charge on any atom is -0.453 e. The molecule has 2 aliphatic heterocycles. The van der Waals surface area contributed by atoms with Gasteiger partial charge in [-0.3, -0.25) is 0 Å². The molecular weight excluding hydrogens is 588 g/mol. The van der Waals surface area contributed by atoms with Crippen LogP contribution < -0.4 is 10.6 Å². The van der Waals surface area contributed by atoms with Crippen LogP contribution in [0.3, 0.4) is 0 Å². The molecule has 2 fully saturated rings. The zero-order valence-electron chi connectivity index (χ0n) is 27.2. The molecule has 4 amide bonds. The molecule has 2 N–H and O–H groups in total. The van der Waals surface area contributed by atoms with Crippen LogP contribution in [-0.4, -0.2) is 99.8 Å². The van der Waals surface area contributed by atoms with Crippen LogP contribution in [0.4, 0.5) is 14.4 Å². The third-order valence-corrected chi connectivity index (χ3v) is 8.39. The van der Waals surface area contributed by atoms with Crippen LogP contribution in [0.25, 0.3) is 0 Å². The Morgan fingerprint density at radius 1 is 1.18 bits per heavy atom. The van der Waals surface area contributed by atoms with E-state index in [1.165, 1.54) is 7.11 Å². The van der Waals surface area contributed by atoms with Crippen molar-refractivity contribution in [1.82, 2.24) is 20.4 Å². The van der Waals surface area contributed by atoms with E-state index in [-0.39, 0.29) is 37.2 Å². The molecule has 2 heterocycles. The number of aryl methyl sites for hydroxylation is 1. The fourth-order valence-electron chi connectivity index (χ4n) is 5.81. The molecule has 1 aromatic rings. The van der Waals surface area contributed by atoms with Gasteiger partial charge in [0.1, 0.15) is 5.60 Å². The Bertz CT molecular complexity index is 1090. The Hall–Kier alpha value is -2.76. The van der Waals surface area contributed by atoms with Crippen LogP contribution in [0.1, 0.15) is 70.1 Å². The second-order valence-corrected chi connectivity index (χ2v) is 13.2. The van der Waals surface area contributed by atoms with Gasteiger partial charge in [-0.2, -0.15) is 0 Å². The standard InChI is InChI=1S/C32H51ClN4O7/c1-22-11-12-25(33)18-27(22)28(43-16-13-34-30(39)41-6)24-10-7-14-37(20-24)29(38)35-19-26(17-23-9-8-15-42-21-23)36(5)31(40)44-32(2,3)4/h11-12,18,23-24,26,28H,7-10,13-17,19-21H2,1-6H3,(H,34,39)(H,35,38)/t23-,24-,26+,28-/m1/s1. The van der Waals surface area contributed by atoms with E-state index in [1.54, 1.807) is 11.9 Å². The highest BCUT2D eigenvalue weighted by Crippen LogP contribution is 2.35. The highest BCUT2D eigenvalue weighted by Gasteiger charge is 2.33. The molecule has 2 saturated heterocycles. The van der Waals surface area contributed by atoms with Crippen LogP contribution >= 0.6 is 11.6 Å². The Morgan fingerprint density at radius 2 is 1.95 bits per heavy atom. The van der Waals surface area contributed by atoms with Crippen molar-refractivity contribution >= 4 is 29.8 Å². The molecule has 2 aliphatic rings. The lowest BCUT2D eigenvalue weighted by Crippen LogP contribution is -2.52. The molecule has 12 heteroatoms. The summed E-state index contributed by atoms with van der Waals surface area (Å²) in [7, 11) is 3.05. The van der Waals surface area contributed by atoms with Gasteiger partial charge in [-0.05, 0) is 89.0 Å². The zero-order valence-corrected chi connectivity index (χ0v) is 27.9. The van der Waals surface area contributed by atoms with Gasteiger partial charge in [0.15, 0.2) is 0 Å². The van der Waals surface area contributed by atoms with Crippen molar-refractivity contribution in [1.29, 1.82) is 0 Å². The molecule has 44 heavy (non-hydrogen) atoms. The number of alkyl carbamates (subject to hydrolysis) is 1. The summed E-state index contributed by atoms with van der Waals surface area (Å²) in [4.78, 5) is 41.4. The maximum absolute atomic E-state index is 13.5. The number of nitrogens with zero attached hydrogens (tertiary/aromatic N) is 2. The molecule has 0 radical (unpaired) electrons. The lowest BCUT2D eigenvalue weighted by molar-refractivity contribution is -0.00912. The fourth-order valence-corrected chi connectivity index (χ4v) is 5.99. The summed E-state index contributed by atoms with van der Waals surface area (Å²) in [5.41, 5.74) is 1.39. The first-order valence-electron chi connectivity index (χ1n) is 15.6.